The lowest BCUT2D eigenvalue weighted by Gasteiger charge is -2.06. The molecule has 1 N–H and O–H groups in total. The van der Waals surface area contributed by atoms with E-state index in [0.717, 1.165) is 29.8 Å². The summed E-state index contributed by atoms with van der Waals surface area (Å²) in [4.78, 5) is 23.3. The van der Waals surface area contributed by atoms with Gasteiger partial charge in [0.1, 0.15) is 0 Å². The second kappa shape index (κ2) is 5.84. The summed E-state index contributed by atoms with van der Waals surface area (Å²) in [5.74, 6) is -0.862. The molecule has 1 aromatic heterocycles. The van der Waals surface area contributed by atoms with Crippen LogP contribution < -0.4 is 4.87 Å². The van der Waals surface area contributed by atoms with E-state index in [1.165, 1.54) is 11.3 Å². The van der Waals surface area contributed by atoms with Crippen molar-refractivity contribution < 1.29 is 9.90 Å². The van der Waals surface area contributed by atoms with Crippen molar-refractivity contribution in [1.29, 1.82) is 0 Å². The fourth-order valence-electron chi connectivity index (χ4n) is 1.70. The molecular weight excluding hydrogens is 226 g/mol. The van der Waals surface area contributed by atoms with Crippen LogP contribution in [0.25, 0.3) is 0 Å². The fourth-order valence-corrected chi connectivity index (χ4v) is 2.70. The molecule has 16 heavy (non-hydrogen) atoms. The van der Waals surface area contributed by atoms with Crippen LogP contribution in [0.2, 0.25) is 0 Å². The van der Waals surface area contributed by atoms with Crippen LogP contribution in [0.5, 0.6) is 0 Å². The maximum atomic E-state index is 11.7. The molecule has 0 radical (unpaired) electrons. The Bertz CT molecular complexity index is 419. The minimum absolute atomic E-state index is 0.0104. The maximum absolute atomic E-state index is 11.7. The highest BCUT2D eigenvalue weighted by atomic mass is 32.1. The third-order valence-corrected chi connectivity index (χ3v) is 3.60. The number of carbonyl (C=O) groups is 1. The fraction of sp³-hybridized carbons (Fsp3) is 0.636. The van der Waals surface area contributed by atoms with Crippen molar-refractivity contribution in [2.75, 3.05) is 0 Å². The average Bonchev–Trinajstić information content (AvgIpc) is 2.53. The average molecular weight is 243 g/mol. The van der Waals surface area contributed by atoms with Gasteiger partial charge in [-0.05, 0) is 12.8 Å². The van der Waals surface area contributed by atoms with E-state index in [4.69, 9.17) is 5.11 Å². The standard InChI is InChI=1S/C11H17NO3S/c1-3-5-8-9(4-2)16-11(15)12(8)7-6-10(13)14/h3-7H2,1-2H3,(H,13,14). The van der Waals surface area contributed by atoms with E-state index in [1.807, 2.05) is 6.92 Å². The summed E-state index contributed by atoms with van der Waals surface area (Å²) in [5, 5.41) is 8.64. The minimum atomic E-state index is -0.862. The molecule has 0 aliphatic carbocycles. The van der Waals surface area contributed by atoms with Crippen molar-refractivity contribution in [3.05, 3.63) is 20.2 Å². The van der Waals surface area contributed by atoms with Crippen molar-refractivity contribution in [2.45, 2.75) is 46.1 Å². The summed E-state index contributed by atoms with van der Waals surface area (Å²) >= 11 is 1.25. The number of hydrogen-bond donors (Lipinski definition) is 1. The van der Waals surface area contributed by atoms with E-state index in [0.29, 0.717) is 6.54 Å². The van der Waals surface area contributed by atoms with Crippen LogP contribution in [0.15, 0.2) is 4.79 Å². The Morgan fingerprint density at radius 1 is 1.44 bits per heavy atom. The third-order valence-electron chi connectivity index (χ3n) is 2.44. The Hall–Kier alpha value is -1.10. The predicted molar refractivity (Wildman–Crippen MR) is 64.2 cm³/mol. The van der Waals surface area contributed by atoms with Gasteiger partial charge < -0.3 is 9.67 Å². The van der Waals surface area contributed by atoms with Gasteiger partial charge in [0.05, 0.1) is 6.42 Å². The molecule has 0 bridgehead atoms. The van der Waals surface area contributed by atoms with Gasteiger partial charge in [-0.25, -0.2) is 0 Å². The second-order valence-corrected chi connectivity index (χ2v) is 4.68. The zero-order valence-corrected chi connectivity index (χ0v) is 10.5. The van der Waals surface area contributed by atoms with Crippen molar-refractivity contribution in [1.82, 2.24) is 4.57 Å². The highest BCUT2D eigenvalue weighted by Gasteiger charge is 2.13. The minimum Gasteiger partial charge on any atom is -0.481 e. The zero-order chi connectivity index (χ0) is 12.1. The lowest BCUT2D eigenvalue weighted by molar-refractivity contribution is -0.137. The van der Waals surface area contributed by atoms with Crippen LogP contribution in [-0.2, 0) is 24.2 Å². The first-order valence-electron chi connectivity index (χ1n) is 5.53. The van der Waals surface area contributed by atoms with Crippen LogP contribution in [-0.4, -0.2) is 15.6 Å². The topological polar surface area (TPSA) is 59.3 Å². The van der Waals surface area contributed by atoms with Crippen LogP contribution in [0, 0.1) is 0 Å². The SMILES string of the molecule is CCCc1c(CC)sc(=O)n1CCC(=O)O. The lowest BCUT2D eigenvalue weighted by atomic mass is 10.2. The highest BCUT2D eigenvalue weighted by Crippen LogP contribution is 2.15. The molecule has 0 aliphatic rings. The molecule has 0 atom stereocenters. The Labute approximate surface area is 98.5 Å². The molecule has 1 aromatic rings. The zero-order valence-electron chi connectivity index (χ0n) is 9.65. The second-order valence-electron chi connectivity index (χ2n) is 3.64. The number of carboxylic acid groups (broad SMARTS) is 1. The number of rotatable bonds is 6. The number of carboxylic acids is 1. The van der Waals surface area contributed by atoms with Crippen molar-refractivity contribution in [3.8, 4) is 0 Å². The van der Waals surface area contributed by atoms with Crippen LogP contribution >= 0.6 is 11.3 Å². The van der Waals surface area contributed by atoms with Crippen LogP contribution in [0.1, 0.15) is 37.3 Å². The van der Waals surface area contributed by atoms with Gasteiger partial charge in [-0.15, -0.1) is 0 Å². The molecule has 0 aromatic carbocycles. The largest absolute Gasteiger partial charge is 0.481 e. The molecule has 1 heterocycles. The summed E-state index contributed by atoms with van der Waals surface area (Å²) in [6, 6.07) is 0. The van der Waals surface area contributed by atoms with Gasteiger partial charge in [0.2, 0.25) is 0 Å². The first-order chi connectivity index (χ1) is 7.60. The number of nitrogens with zero attached hydrogens (tertiary/aromatic N) is 1. The van der Waals surface area contributed by atoms with Gasteiger partial charge in [-0.2, -0.15) is 0 Å². The smallest absolute Gasteiger partial charge is 0.307 e. The van der Waals surface area contributed by atoms with Crippen molar-refractivity contribution in [2.24, 2.45) is 0 Å². The summed E-state index contributed by atoms with van der Waals surface area (Å²) in [5.41, 5.74) is 1.03. The molecule has 0 unspecified atom stereocenters. The van der Waals surface area contributed by atoms with Gasteiger partial charge in [0, 0.05) is 17.1 Å². The summed E-state index contributed by atoms with van der Waals surface area (Å²) in [6.07, 6.45) is 2.67. The quantitative estimate of drug-likeness (QED) is 0.830. The molecule has 0 spiro atoms. The molecule has 0 saturated carbocycles. The maximum Gasteiger partial charge on any atom is 0.307 e. The Balaban J connectivity index is 2.99. The van der Waals surface area contributed by atoms with E-state index in [1.54, 1.807) is 4.57 Å². The van der Waals surface area contributed by atoms with Gasteiger partial charge in [-0.1, -0.05) is 31.6 Å². The molecule has 0 aliphatic heterocycles. The molecule has 4 nitrogen and oxygen atoms in total. The number of hydrogen-bond acceptors (Lipinski definition) is 3. The monoisotopic (exact) mass is 243 g/mol. The lowest BCUT2D eigenvalue weighted by Crippen LogP contribution is -2.18. The number of thiazole rings is 1. The normalized spacial score (nSPS) is 10.6. The molecule has 1 rings (SSSR count). The van der Waals surface area contributed by atoms with Crippen molar-refractivity contribution in [3.63, 3.8) is 0 Å². The molecule has 90 valence electrons. The Kier molecular flexibility index (Phi) is 4.73. The van der Waals surface area contributed by atoms with E-state index < -0.39 is 5.97 Å². The summed E-state index contributed by atoms with van der Waals surface area (Å²) in [7, 11) is 0. The summed E-state index contributed by atoms with van der Waals surface area (Å²) < 4.78 is 1.63. The highest BCUT2D eigenvalue weighted by molar-refractivity contribution is 7.09. The van der Waals surface area contributed by atoms with Crippen LogP contribution in [0.4, 0.5) is 0 Å². The number of aromatic nitrogens is 1. The Morgan fingerprint density at radius 2 is 2.12 bits per heavy atom. The predicted octanol–water partition coefficient (Wildman–Crippen LogP) is 1.90. The first-order valence-corrected chi connectivity index (χ1v) is 6.34. The van der Waals surface area contributed by atoms with Crippen LogP contribution in [0.3, 0.4) is 0 Å². The first kappa shape index (κ1) is 13.0. The number of aryl methyl sites for hydroxylation is 1. The van der Waals surface area contributed by atoms with E-state index in [9.17, 15) is 9.59 Å². The van der Waals surface area contributed by atoms with Gasteiger partial charge in [0.25, 0.3) is 0 Å². The Morgan fingerprint density at radius 3 is 2.62 bits per heavy atom. The molecule has 0 fully saturated rings. The molecular formula is C11H17NO3S. The summed E-state index contributed by atoms with van der Waals surface area (Å²) in [6.45, 7) is 4.37. The van der Waals surface area contributed by atoms with Crippen molar-refractivity contribution >= 4 is 17.3 Å². The van der Waals surface area contributed by atoms with E-state index >= 15 is 0 Å². The molecule has 5 heteroatoms. The van der Waals surface area contributed by atoms with E-state index in [-0.39, 0.29) is 11.3 Å². The number of aliphatic carboxylic acids is 1. The van der Waals surface area contributed by atoms with Gasteiger partial charge in [0.15, 0.2) is 0 Å². The van der Waals surface area contributed by atoms with E-state index in [2.05, 4.69) is 6.92 Å². The third kappa shape index (κ3) is 2.95. The van der Waals surface area contributed by atoms with Gasteiger partial charge >= 0.3 is 10.8 Å². The molecule has 0 saturated heterocycles. The van der Waals surface area contributed by atoms with Gasteiger partial charge in [-0.3, -0.25) is 9.59 Å². The molecule has 0 amide bonds.